The second-order valence-corrected chi connectivity index (χ2v) is 7.13. The van der Waals surface area contributed by atoms with Crippen LogP contribution in [0.15, 0.2) is 23.1 Å². The number of pyridine rings is 1. The number of carboxylic acid groups (broad SMARTS) is 1. The average molecular weight is 527 g/mol. The number of rotatable bonds is 7. The van der Waals surface area contributed by atoms with Crippen molar-refractivity contribution in [3.63, 3.8) is 0 Å². The number of aliphatic carboxylic acids is 1. The Morgan fingerprint density at radius 1 is 1.30 bits per heavy atom. The number of nitrogens with one attached hydrogen (secondary N) is 2. The van der Waals surface area contributed by atoms with E-state index in [1.165, 1.54) is 17.8 Å². The Hall–Kier alpha value is -4.81. The first-order valence-electron chi connectivity index (χ1n) is 10.1. The number of carboxylic acids is 1. The summed E-state index contributed by atoms with van der Waals surface area (Å²) < 4.78 is 37.7. The normalized spacial score (nSPS) is 10.3. The Morgan fingerprint density at radius 2 is 1.92 bits per heavy atom. The van der Waals surface area contributed by atoms with Gasteiger partial charge in [-0.1, -0.05) is 12.0 Å². The molecule has 2 heterocycles. The minimum atomic E-state index is -5.08. The van der Waals surface area contributed by atoms with Gasteiger partial charge in [0.2, 0.25) is 11.7 Å². The van der Waals surface area contributed by atoms with Crippen LogP contribution < -0.4 is 22.0 Å². The van der Waals surface area contributed by atoms with Gasteiger partial charge in [0.05, 0.1) is 0 Å². The summed E-state index contributed by atoms with van der Waals surface area (Å²) in [5.41, 5.74) is 9.56. The maximum absolute atomic E-state index is 12.7. The molecule has 0 atom stereocenters. The van der Waals surface area contributed by atoms with Crippen molar-refractivity contribution in [3.8, 4) is 12.3 Å². The number of hydrogen-bond acceptors (Lipinski definition) is 9. The number of carbonyl (C=O) groups is 3. The van der Waals surface area contributed by atoms with Crippen LogP contribution in [0.5, 0.6) is 0 Å². The number of halogens is 3. The summed E-state index contributed by atoms with van der Waals surface area (Å²) in [6.45, 7) is 3.24. The number of nitrogens with two attached hydrogens (primary N) is 1. The van der Waals surface area contributed by atoms with E-state index in [4.69, 9.17) is 26.8 Å². The Morgan fingerprint density at radius 3 is 2.46 bits per heavy atom. The molecule has 0 saturated carbocycles. The molecule has 0 aliphatic heterocycles. The quantitative estimate of drug-likeness (QED) is 0.297. The highest BCUT2D eigenvalue weighted by Crippen LogP contribution is 2.13. The number of aryl methyl sites for hydroxylation is 2. The Balaban J connectivity index is 0.000000856. The second-order valence-electron chi connectivity index (χ2n) is 7.13. The summed E-state index contributed by atoms with van der Waals surface area (Å²) in [6.07, 6.45) is 0.574. The van der Waals surface area contributed by atoms with Gasteiger partial charge in [0, 0.05) is 31.2 Å². The minimum Gasteiger partial charge on any atom is -0.475 e. The smallest absolute Gasteiger partial charge is 0.475 e. The number of carbonyl (C=O) groups excluding carboxylic acids is 2. The molecule has 0 aromatic carbocycles. The van der Waals surface area contributed by atoms with E-state index in [2.05, 4.69) is 26.6 Å². The van der Waals surface area contributed by atoms with Crippen molar-refractivity contribution in [2.24, 2.45) is 0 Å². The third kappa shape index (κ3) is 9.76. The molecule has 0 fully saturated rings. The molecular weight excluding hydrogens is 503 g/mol. The minimum absolute atomic E-state index is 0.146. The zero-order chi connectivity index (χ0) is 28.3. The van der Waals surface area contributed by atoms with Crippen molar-refractivity contribution in [3.05, 3.63) is 45.6 Å². The molecule has 0 aliphatic rings. The van der Waals surface area contributed by atoms with Crippen molar-refractivity contribution < 1.29 is 37.4 Å². The van der Waals surface area contributed by atoms with Gasteiger partial charge in [-0.05, 0) is 25.5 Å². The van der Waals surface area contributed by atoms with Crippen LogP contribution in [0.1, 0.15) is 17.0 Å². The number of aromatic nitrogens is 3. The van der Waals surface area contributed by atoms with E-state index in [0.717, 1.165) is 10.6 Å². The number of amides is 2. The summed E-state index contributed by atoms with van der Waals surface area (Å²) in [5, 5.41) is 10.8. The first kappa shape index (κ1) is 30.2. The molecule has 2 aromatic rings. The summed E-state index contributed by atoms with van der Waals surface area (Å²) >= 11 is 0. The fourth-order valence-electron chi connectivity index (χ4n) is 2.44. The van der Waals surface area contributed by atoms with Crippen molar-refractivity contribution in [2.75, 3.05) is 24.8 Å². The molecule has 5 N–H and O–H groups in total. The average Bonchev–Trinajstić information content (AvgIpc) is 2.81. The lowest BCUT2D eigenvalue weighted by Gasteiger charge is -2.18. The van der Waals surface area contributed by atoms with E-state index >= 15 is 0 Å². The molecular formula is C21H24F3N7O6. The predicted octanol–water partition coefficient (Wildman–Crippen LogP) is 0.816. The van der Waals surface area contributed by atoms with Crippen LogP contribution in [0.4, 0.5) is 29.6 Å². The van der Waals surface area contributed by atoms with Gasteiger partial charge >= 0.3 is 18.2 Å². The van der Waals surface area contributed by atoms with Crippen molar-refractivity contribution >= 4 is 29.6 Å². The van der Waals surface area contributed by atoms with E-state index in [0.29, 0.717) is 17.2 Å². The number of hydrogen-bond donors (Lipinski definition) is 4. The van der Waals surface area contributed by atoms with E-state index in [1.807, 2.05) is 0 Å². The Labute approximate surface area is 208 Å². The van der Waals surface area contributed by atoms with Crippen LogP contribution in [0.2, 0.25) is 0 Å². The van der Waals surface area contributed by atoms with Gasteiger partial charge in [0.15, 0.2) is 6.61 Å². The van der Waals surface area contributed by atoms with Crippen LogP contribution in [-0.2, 0) is 27.4 Å². The van der Waals surface area contributed by atoms with Gasteiger partial charge in [0.1, 0.15) is 12.4 Å². The highest BCUT2D eigenvalue weighted by atomic mass is 19.4. The largest absolute Gasteiger partial charge is 0.490 e. The first-order chi connectivity index (χ1) is 17.2. The highest BCUT2D eigenvalue weighted by molar-refractivity contribution is 5.76. The van der Waals surface area contributed by atoms with Gasteiger partial charge in [-0.3, -0.25) is 19.6 Å². The van der Waals surface area contributed by atoms with Crippen molar-refractivity contribution in [1.29, 1.82) is 0 Å². The van der Waals surface area contributed by atoms with Gasteiger partial charge in [0.25, 0.3) is 5.56 Å². The van der Waals surface area contributed by atoms with E-state index < -0.39 is 23.8 Å². The number of hydrazine groups is 1. The molecule has 2 rings (SSSR count). The van der Waals surface area contributed by atoms with Crippen LogP contribution in [0.25, 0.3) is 0 Å². The van der Waals surface area contributed by atoms with Crippen LogP contribution >= 0.6 is 0 Å². The molecule has 200 valence electrons. The molecule has 2 amide bonds. The van der Waals surface area contributed by atoms with E-state index in [9.17, 15) is 27.6 Å². The number of nitrogen functional groups attached to an aromatic ring is 1. The second kappa shape index (κ2) is 13.3. The molecule has 0 bridgehead atoms. The monoisotopic (exact) mass is 527 g/mol. The van der Waals surface area contributed by atoms with Crippen molar-refractivity contribution in [1.82, 2.24) is 24.9 Å². The lowest BCUT2D eigenvalue weighted by Crippen LogP contribution is -2.39. The predicted molar refractivity (Wildman–Crippen MR) is 124 cm³/mol. The molecule has 16 heteroatoms. The molecule has 0 aliphatic carbocycles. The Kier molecular flexibility index (Phi) is 10.9. The summed E-state index contributed by atoms with van der Waals surface area (Å²) in [6, 6.07) is 3.42. The lowest BCUT2D eigenvalue weighted by atomic mass is 10.2. The molecule has 0 radical (unpaired) electrons. The topological polar surface area (TPSA) is 182 Å². The standard InChI is InChI=1S/C19H23N7O4.C2HF3O2/c1-5-8-30-19(29)25(4)24-17-18(28)26(12(2)9-22-17)11-16(27)21-10-14-6-7-15(20)23-13(14)3;3-2(4,5)1(6)7/h1,6-7,9H,8,10-11H2,2-4H3,(H2,20,23)(H,21,27)(H,22,24);(H,6,7). The van der Waals surface area contributed by atoms with Crippen LogP contribution in [0.3, 0.4) is 0 Å². The molecule has 2 aromatic heterocycles. The molecule has 0 spiro atoms. The molecule has 13 nitrogen and oxygen atoms in total. The van der Waals surface area contributed by atoms with E-state index in [1.54, 1.807) is 26.0 Å². The number of ether oxygens (including phenoxy) is 1. The van der Waals surface area contributed by atoms with Gasteiger partial charge in [-0.15, -0.1) is 6.42 Å². The van der Waals surface area contributed by atoms with Crippen molar-refractivity contribution in [2.45, 2.75) is 33.1 Å². The lowest BCUT2D eigenvalue weighted by molar-refractivity contribution is -0.192. The summed E-state index contributed by atoms with van der Waals surface area (Å²) in [7, 11) is 1.35. The van der Waals surface area contributed by atoms with Crippen LogP contribution in [0, 0.1) is 26.2 Å². The fourth-order valence-corrected chi connectivity index (χ4v) is 2.44. The zero-order valence-corrected chi connectivity index (χ0v) is 19.9. The fraction of sp³-hybridized carbons (Fsp3) is 0.333. The first-order valence-corrected chi connectivity index (χ1v) is 10.1. The number of terminal acetylenes is 1. The molecule has 37 heavy (non-hydrogen) atoms. The molecule has 0 saturated heterocycles. The third-order valence-electron chi connectivity index (χ3n) is 4.32. The number of nitrogens with zero attached hydrogens (tertiary/aromatic N) is 4. The number of alkyl halides is 3. The number of anilines is 2. The van der Waals surface area contributed by atoms with Crippen LogP contribution in [-0.4, -0.2) is 62.5 Å². The SMILES string of the molecule is C#CCOC(=O)N(C)Nc1ncc(C)n(CC(=O)NCc2ccc(N)nc2C)c1=O.O=C(O)C(F)(F)F. The summed E-state index contributed by atoms with van der Waals surface area (Å²) in [5.74, 6) is -0.721. The maximum Gasteiger partial charge on any atom is 0.490 e. The molecule has 0 unspecified atom stereocenters. The van der Waals surface area contributed by atoms with Gasteiger partial charge < -0.3 is 20.9 Å². The highest BCUT2D eigenvalue weighted by Gasteiger charge is 2.38. The Bertz CT molecular complexity index is 1240. The van der Waals surface area contributed by atoms with Gasteiger partial charge in [-0.25, -0.2) is 24.6 Å². The summed E-state index contributed by atoms with van der Waals surface area (Å²) in [4.78, 5) is 53.8. The van der Waals surface area contributed by atoms with E-state index in [-0.39, 0.29) is 31.4 Å². The zero-order valence-electron chi connectivity index (χ0n) is 19.9. The van der Waals surface area contributed by atoms with Gasteiger partial charge in [-0.2, -0.15) is 13.2 Å². The third-order valence-corrected chi connectivity index (χ3v) is 4.32. The maximum atomic E-state index is 12.7.